The fraction of sp³-hybridized carbons (Fsp3) is 0.474. The van der Waals surface area contributed by atoms with Crippen molar-refractivity contribution in [2.45, 2.75) is 44.3 Å². The van der Waals surface area contributed by atoms with Crippen LogP contribution in [-0.4, -0.2) is 60.1 Å². The monoisotopic (exact) mass is 406 g/mol. The lowest BCUT2D eigenvalue weighted by Crippen LogP contribution is -2.52. The normalized spacial score (nSPS) is 23.5. The van der Waals surface area contributed by atoms with Gasteiger partial charge in [0.1, 0.15) is 24.4 Å². The Morgan fingerprint density at radius 2 is 1.93 bits per heavy atom. The number of amides is 3. The number of nitrogens with two attached hydrogens (primary N) is 1. The third-order valence-electron chi connectivity index (χ3n) is 4.35. The van der Waals surface area contributed by atoms with E-state index in [1.54, 1.807) is 25.1 Å². The molecule has 0 spiro atoms. The van der Waals surface area contributed by atoms with Gasteiger partial charge in [-0.1, -0.05) is 12.1 Å². The summed E-state index contributed by atoms with van der Waals surface area (Å²) in [6.07, 6.45) is 0.274. The Morgan fingerprint density at radius 1 is 1.21 bits per heavy atom. The van der Waals surface area contributed by atoms with Crippen LogP contribution in [0.25, 0.3) is 0 Å². The van der Waals surface area contributed by atoms with Crippen LogP contribution in [0, 0.1) is 0 Å². The molecule has 0 bridgehead atoms. The molecule has 6 N–H and O–H groups in total. The minimum atomic E-state index is -1.46. The van der Waals surface area contributed by atoms with Gasteiger partial charge in [0, 0.05) is 0 Å². The van der Waals surface area contributed by atoms with Crippen LogP contribution < -0.4 is 26.4 Å². The summed E-state index contributed by atoms with van der Waals surface area (Å²) < 4.78 is 5.67. The predicted octanol–water partition coefficient (Wildman–Crippen LogP) is -0.619. The van der Waals surface area contributed by atoms with E-state index in [1.807, 2.05) is 0 Å². The van der Waals surface area contributed by atoms with Gasteiger partial charge in [-0.15, -0.1) is 0 Å². The Kier molecular flexibility index (Phi) is 7.96. The van der Waals surface area contributed by atoms with E-state index in [9.17, 15) is 24.3 Å². The van der Waals surface area contributed by atoms with Gasteiger partial charge in [0.2, 0.25) is 11.8 Å². The van der Waals surface area contributed by atoms with E-state index in [4.69, 9.17) is 10.5 Å². The smallest absolute Gasteiger partial charge is 0.326 e. The minimum absolute atomic E-state index is 0.0793. The van der Waals surface area contributed by atoms with E-state index in [2.05, 4.69) is 16.0 Å². The number of carbonyl (C=O) groups excluding carboxylic acids is 3. The van der Waals surface area contributed by atoms with Crippen molar-refractivity contribution in [2.24, 2.45) is 5.73 Å². The zero-order chi connectivity index (χ0) is 21.4. The fourth-order valence-corrected chi connectivity index (χ4v) is 2.85. The van der Waals surface area contributed by atoms with Crippen molar-refractivity contribution < 1.29 is 29.0 Å². The van der Waals surface area contributed by atoms with Gasteiger partial charge in [-0.3, -0.25) is 14.4 Å². The lowest BCUT2D eigenvalue weighted by molar-refractivity contribution is -0.141. The molecule has 1 aliphatic heterocycles. The van der Waals surface area contributed by atoms with Crippen molar-refractivity contribution in [2.75, 3.05) is 13.2 Å². The summed E-state index contributed by atoms with van der Waals surface area (Å²) in [5.41, 5.74) is 5.63. The molecule has 1 aromatic carbocycles. The highest BCUT2D eigenvalue weighted by Gasteiger charge is 2.28. The highest BCUT2D eigenvalue weighted by Crippen LogP contribution is 2.18. The summed E-state index contributed by atoms with van der Waals surface area (Å²) in [6, 6.07) is 3.61. The molecule has 1 heterocycles. The topological polar surface area (TPSA) is 160 Å². The molecular formula is C19H26N4O6. The summed E-state index contributed by atoms with van der Waals surface area (Å²) in [4.78, 5) is 49.0. The molecule has 2 rings (SSSR count). The summed E-state index contributed by atoms with van der Waals surface area (Å²) in [5, 5.41) is 17.0. The first kappa shape index (κ1) is 22.2. The molecule has 1 aromatic rings. The SMILES string of the molecule is C[C@@H]1COc2ccccc2C(=O)N[C@H](C(=O)O)CC(=O)N[C@@H](CCCN)C(=O)N1. The zero-order valence-electron chi connectivity index (χ0n) is 16.1. The molecular weight excluding hydrogens is 380 g/mol. The van der Waals surface area contributed by atoms with Crippen LogP contribution in [0.1, 0.15) is 36.5 Å². The number of hydrogen-bond donors (Lipinski definition) is 5. The standard InChI is InChI=1S/C19H26N4O6/c1-11-10-29-15-7-3-2-5-12(15)17(25)23-14(19(27)28)9-16(24)22-13(6-4-8-20)18(26)21-11/h2-3,5,7,11,13-14H,4,6,8-10,20H2,1H3,(H,21,26)(H,22,24)(H,23,25)(H,27,28)/t11-,13+,14+/m1/s1. The minimum Gasteiger partial charge on any atom is -0.491 e. The molecule has 0 fully saturated rings. The van der Waals surface area contributed by atoms with Gasteiger partial charge in [-0.05, 0) is 38.4 Å². The molecule has 29 heavy (non-hydrogen) atoms. The van der Waals surface area contributed by atoms with Crippen LogP contribution in [0.4, 0.5) is 0 Å². The quantitative estimate of drug-likeness (QED) is 0.445. The zero-order valence-corrected chi connectivity index (χ0v) is 16.1. The number of benzene rings is 1. The second-order valence-electron chi connectivity index (χ2n) is 6.84. The van der Waals surface area contributed by atoms with E-state index in [-0.39, 0.29) is 17.9 Å². The summed E-state index contributed by atoms with van der Waals surface area (Å²) in [5.74, 6) is -2.87. The number of para-hydroxylation sites is 1. The molecule has 0 radical (unpaired) electrons. The molecule has 0 aromatic heterocycles. The Hall–Kier alpha value is -3.14. The number of hydrogen-bond acceptors (Lipinski definition) is 6. The maximum Gasteiger partial charge on any atom is 0.326 e. The average molecular weight is 406 g/mol. The first-order valence-electron chi connectivity index (χ1n) is 9.37. The predicted molar refractivity (Wildman–Crippen MR) is 103 cm³/mol. The number of fused-ring (bicyclic) bond motifs is 1. The van der Waals surface area contributed by atoms with Gasteiger partial charge in [-0.25, -0.2) is 4.79 Å². The number of ether oxygens (including phenoxy) is 1. The van der Waals surface area contributed by atoms with E-state index < -0.39 is 48.2 Å². The average Bonchev–Trinajstić information content (AvgIpc) is 2.68. The van der Waals surface area contributed by atoms with Crippen LogP contribution in [0.5, 0.6) is 5.75 Å². The van der Waals surface area contributed by atoms with Gasteiger partial charge in [0.05, 0.1) is 18.0 Å². The van der Waals surface area contributed by atoms with Crippen molar-refractivity contribution in [1.29, 1.82) is 0 Å². The van der Waals surface area contributed by atoms with Crippen LogP contribution >= 0.6 is 0 Å². The summed E-state index contributed by atoms with van der Waals surface area (Å²) in [6.45, 7) is 2.15. The maximum absolute atomic E-state index is 12.6. The molecule has 1 aliphatic rings. The molecule has 10 nitrogen and oxygen atoms in total. The van der Waals surface area contributed by atoms with Crippen molar-refractivity contribution >= 4 is 23.7 Å². The van der Waals surface area contributed by atoms with Gasteiger partial charge in [-0.2, -0.15) is 0 Å². The molecule has 158 valence electrons. The Balaban J connectivity index is 2.31. The largest absolute Gasteiger partial charge is 0.491 e. The number of carbonyl (C=O) groups is 4. The third kappa shape index (κ3) is 6.46. The number of nitrogens with one attached hydrogen (secondary N) is 3. The first-order valence-corrected chi connectivity index (χ1v) is 9.37. The maximum atomic E-state index is 12.6. The van der Waals surface area contributed by atoms with Crippen LogP contribution in [-0.2, 0) is 14.4 Å². The summed E-state index contributed by atoms with van der Waals surface area (Å²) in [7, 11) is 0. The van der Waals surface area contributed by atoms with E-state index in [0.29, 0.717) is 19.4 Å². The molecule has 10 heteroatoms. The van der Waals surface area contributed by atoms with Crippen LogP contribution in [0.2, 0.25) is 0 Å². The van der Waals surface area contributed by atoms with Crippen molar-refractivity contribution in [3.8, 4) is 5.75 Å². The van der Waals surface area contributed by atoms with Crippen molar-refractivity contribution in [1.82, 2.24) is 16.0 Å². The first-order chi connectivity index (χ1) is 13.8. The van der Waals surface area contributed by atoms with E-state index in [0.717, 1.165) is 0 Å². The van der Waals surface area contributed by atoms with Crippen molar-refractivity contribution in [3.63, 3.8) is 0 Å². The second kappa shape index (κ2) is 10.4. The highest BCUT2D eigenvalue weighted by molar-refractivity contribution is 6.00. The van der Waals surface area contributed by atoms with Gasteiger partial charge >= 0.3 is 5.97 Å². The number of rotatable bonds is 4. The Labute approximate surface area is 168 Å². The Bertz CT molecular complexity index is 769. The molecule has 0 saturated carbocycles. The lowest BCUT2D eigenvalue weighted by atomic mass is 10.1. The molecule has 3 atom stereocenters. The van der Waals surface area contributed by atoms with Gasteiger partial charge < -0.3 is 31.5 Å². The van der Waals surface area contributed by atoms with E-state index >= 15 is 0 Å². The highest BCUT2D eigenvalue weighted by atomic mass is 16.5. The van der Waals surface area contributed by atoms with Gasteiger partial charge in [0.25, 0.3) is 5.91 Å². The molecule has 0 saturated heterocycles. The molecule has 0 aliphatic carbocycles. The molecule has 0 unspecified atom stereocenters. The number of carboxylic acids is 1. The second-order valence-corrected chi connectivity index (χ2v) is 6.84. The summed E-state index contributed by atoms with van der Waals surface area (Å²) >= 11 is 0. The van der Waals surface area contributed by atoms with E-state index in [1.165, 1.54) is 6.07 Å². The number of aliphatic carboxylic acids is 1. The lowest BCUT2D eigenvalue weighted by Gasteiger charge is -2.24. The van der Waals surface area contributed by atoms with Crippen molar-refractivity contribution in [3.05, 3.63) is 29.8 Å². The number of carboxylic acid groups (broad SMARTS) is 1. The van der Waals surface area contributed by atoms with Crippen LogP contribution in [0.15, 0.2) is 24.3 Å². The fourth-order valence-electron chi connectivity index (χ4n) is 2.85. The third-order valence-corrected chi connectivity index (χ3v) is 4.35. The van der Waals surface area contributed by atoms with Crippen LogP contribution in [0.3, 0.4) is 0 Å². The Morgan fingerprint density at radius 3 is 2.62 bits per heavy atom. The van der Waals surface area contributed by atoms with Gasteiger partial charge in [0.15, 0.2) is 0 Å². The molecule has 3 amide bonds.